The molecule has 0 aliphatic heterocycles. The number of pyridine rings is 1. The number of ether oxygens (including phenoxy) is 2. The number of aromatic nitrogens is 1. The van der Waals surface area contributed by atoms with Crippen LogP contribution >= 0.6 is 0 Å². The number of carbonyl (C=O) groups is 2. The highest BCUT2D eigenvalue weighted by molar-refractivity contribution is 6.01. The molecule has 5 rings (SSSR count). The van der Waals surface area contributed by atoms with Gasteiger partial charge in [-0.2, -0.15) is 0 Å². The smallest absolute Gasteiger partial charge is 0.337 e. The molecule has 0 radical (unpaired) electrons. The van der Waals surface area contributed by atoms with E-state index in [2.05, 4.69) is 10.3 Å². The first-order valence-corrected chi connectivity index (χ1v) is 12.0. The molecule has 1 aromatic heterocycles. The number of nitrogens with zero attached hydrogens (tertiary/aromatic N) is 1. The summed E-state index contributed by atoms with van der Waals surface area (Å²) in [5.41, 5.74) is 2.07. The monoisotopic (exact) mass is 504 g/mol. The molecule has 38 heavy (non-hydrogen) atoms. The van der Waals surface area contributed by atoms with Crippen molar-refractivity contribution < 1.29 is 24.2 Å². The number of carboxylic acid groups (broad SMARTS) is 1. The summed E-state index contributed by atoms with van der Waals surface area (Å²) in [7, 11) is 0. The maximum absolute atomic E-state index is 12.4. The number of anilines is 1. The SMILES string of the molecule is O=C(Cc1ccc(Oc2ccc3cc(OCc4ccccc4)ccc3c2)nc1)Nc1ccccc1C(=O)O. The van der Waals surface area contributed by atoms with Gasteiger partial charge in [-0.15, -0.1) is 0 Å². The lowest BCUT2D eigenvalue weighted by Crippen LogP contribution is -2.16. The Balaban J connectivity index is 1.19. The summed E-state index contributed by atoms with van der Waals surface area (Å²) < 4.78 is 11.8. The van der Waals surface area contributed by atoms with Crippen molar-refractivity contribution in [2.75, 3.05) is 5.32 Å². The number of amides is 1. The molecule has 0 saturated carbocycles. The molecule has 0 saturated heterocycles. The topological polar surface area (TPSA) is 97.8 Å². The van der Waals surface area contributed by atoms with Crippen LogP contribution < -0.4 is 14.8 Å². The number of para-hydroxylation sites is 1. The van der Waals surface area contributed by atoms with E-state index in [1.165, 1.54) is 6.07 Å². The fourth-order valence-corrected chi connectivity index (χ4v) is 3.95. The molecule has 0 spiro atoms. The summed E-state index contributed by atoms with van der Waals surface area (Å²) in [4.78, 5) is 28.1. The number of fused-ring (bicyclic) bond motifs is 1. The quantitative estimate of drug-likeness (QED) is 0.238. The standard InChI is InChI=1S/C31H24N2O5/c34-29(33-28-9-5-4-8-27(28)31(35)36)16-22-10-15-30(32-19-22)38-26-14-12-23-17-25(13-11-24(23)18-26)37-20-21-6-2-1-3-7-21/h1-15,17-19H,16,20H2,(H,33,34)(H,35,36). The van der Waals surface area contributed by atoms with Gasteiger partial charge in [-0.05, 0) is 58.3 Å². The van der Waals surface area contributed by atoms with Crippen molar-refractivity contribution in [1.29, 1.82) is 0 Å². The third-order valence-electron chi connectivity index (χ3n) is 5.85. The normalized spacial score (nSPS) is 10.6. The summed E-state index contributed by atoms with van der Waals surface area (Å²) in [6.07, 6.45) is 1.61. The molecule has 1 amide bonds. The summed E-state index contributed by atoms with van der Waals surface area (Å²) in [5, 5.41) is 13.9. The van der Waals surface area contributed by atoms with E-state index in [1.807, 2.05) is 66.7 Å². The number of nitrogens with one attached hydrogen (secondary N) is 1. The molecule has 0 bridgehead atoms. The second-order valence-corrected chi connectivity index (χ2v) is 8.63. The maximum atomic E-state index is 12.4. The molecule has 7 heteroatoms. The zero-order chi connectivity index (χ0) is 26.3. The zero-order valence-corrected chi connectivity index (χ0v) is 20.3. The van der Waals surface area contributed by atoms with Gasteiger partial charge in [0.2, 0.25) is 11.8 Å². The highest BCUT2D eigenvalue weighted by Crippen LogP contribution is 2.28. The number of hydrogen-bond acceptors (Lipinski definition) is 5. The van der Waals surface area contributed by atoms with E-state index in [0.29, 0.717) is 23.8 Å². The molecular formula is C31H24N2O5. The Kier molecular flexibility index (Phi) is 7.27. The van der Waals surface area contributed by atoms with E-state index in [0.717, 1.165) is 22.1 Å². The number of benzene rings is 4. The molecule has 2 N–H and O–H groups in total. The van der Waals surface area contributed by atoms with Crippen LogP contribution in [-0.4, -0.2) is 22.0 Å². The molecule has 1 heterocycles. The first kappa shape index (κ1) is 24.5. The van der Waals surface area contributed by atoms with Gasteiger partial charge in [-0.1, -0.05) is 60.7 Å². The molecule has 4 aromatic carbocycles. The molecular weight excluding hydrogens is 480 g/mol. The molecule has 0 atom stereocenters. The van der Waals surface area contributed by atoms with E-state index < -0.39 is 5.97 Å². The number of aromatic carboxylic acids is 1. The molecule has 0 aliphatic rings. The van der Waals surface area contributed by atoms with Crippen molar-refractivity contribution in [3.05, 3.63) is 126 Å². The van der Waals surface area contributed by atoms with Crippen LogP contribution in [0.3, 0.4) is 0 Å². The Labute approximate surface area is 219 Å². The predicted octanol–water partition coefficient (Wildman–Crippen LogP) is 6.49. The minimum absolute atomic E-state index is 0.0362. The lowest BCUT2D eigenvalue weighted by Gasteiger charge is -2.10. The number of carbonyl (C=O) groups excluding carboxylic acids is 1. The third kappa shape index (κ3) is 6.14. The fraction of sp³-hybridized carbons (Fsp3) is 0.0645. The minimum atomic E-state index is -1.10. The first-order chi connectivity index (χ1) is 18.5. The summed E-state index contributed by atoms with van der Waals surface area (Å²) in [6.45, 7) is 0.506. The highest BCUT2D eigenvalue weighted by atomic mass is 16.5. The van der Waals surface area contributed by atoms with Crippen LogP contribution in [0.15, 0.2) is 109 Å². The van der Waals surface area contributed by atoms with E-state index in [4.69, 9.17) is 9.47 Å². The van der Waals surface area contributed by atoms with Crippen molar-refractivity contribution in [1.82, 2.24) is 4.98 Å². The lowest BCUT2D eigenvalue weighted by atomic mass is 10.1. The number of hydrogen-bond donors (Lipinski definition) is 2. The average Bonchev–Trinajstić information content (AvgIpc) is 2.93. The second-order valence-electron chi connectivity index (χ2n) is 8.63. The predicted molar refractivity (Wildman–Crippen MR) is 145 cm³/mol. The summed E-state index contributed by atoms with van der Waals surface area (Å²) >= 11 is 0. The van der Waals surface area contributed by atoms with Crippen LogP contribution in [0.5, 0.6) is 17.4 Å². The Bertz CT molecular complexity index is 1580. The van der Waals surface area contributed by atoms with Gasteiger partial charge in [-0.3, -0.25) is 4.79 Å². The van der Waals surface area contributed by atoms with Crippen LogP contribution in [-0.2, 0) is 17.8 Å². The van der Waals surface area contributed by atoms with Gasteiger partial charge < -0.3 is 19.9 Å². The van der Waals surface area contributed by atoms with Crippen LogP contribution in [0.1, 0.15) is 21.5 Å². The van der Waals surface area contributed by atoms with Crippen LogP contribution in [0.2, 0.25) is 0 Å². The Morgan fingerprint density at radius 1 is 0.763 bits per heavy atom. The fourth-order valence-electron chi connectivity index (χ4n) is 3.95. The molecule has 0 aliphatic carbocycles. The Hall–Kier alpha value is -5.17. The zero-order valence-electron chi connectivity index (χ0n) is 20.3. The van der Waals surface area contributed by atoms with Crippen molar-refractivity contribution in [2.24, 2.45) is 0 Å². The van der Waals surface area contributed by atoms with Crippen molar-refractivity contribution >= 4 is 28.3 Å². The molecule has 5 aromatic rings. The van der Waals surface area contributed by atoms with Crippen LogP contribution in [0, 0.1) is 0 Å². The molecule has 0 unspecified atom stereocenters. The number of carboxylic acids is 1. The van der Waals surface area contributed by atoms with Crippen LogP contribution in [0.4, 0.5) is 5.69 Å². The van der Waals surface area contributed by atoms with Gasteiger partial charge >= 0.3 is 5.97 Å². The largest absolute Gasteiger partial charge is 0.489 e. The van der Waals surface area contributed by atoms with Gasteiger partial charge in [0.15, 0.2) is 0 Å². The van der Waals surface area contributed by atoms with E-state index >= 15 is 0 Å². The van der Waals surface area contributed by atoms with Crippen LogP contribution in [0.25, 0.3) is 10.8 Å². The average molecular weight is 505 g/mol. The van der Waals surface area contributed by atoms with E-state index in [1.54, 1.807) is 36.5 Å². The number of rotatable bonds is 9. The van der Waals surface area contributed by atoms with Crippen molar-refractivity contribution in [3.8, 4) is 17.4 Å². The molecule has 188 valence electrons. The van der Waals surface area contributed by atoms with Crippen molar-refractivity contribution in [3.63, 3.8) is 0 Å². The first-order valence-electron chi connectivity index (χ1n) is 12.0. The van der Waals surface area contributed by atoms with Gasteiger partial charge in [0, 0.05) is 12.3 Å². The summed E-state index contributed by atoms with van der Waals surface area (Å²) in [6, 6.07) is 31.4. The van der Waals surface area contributed by atoms with Crippen molar-refractivity contribution in [2.45, 2.75) is 13.0 Å². The highest BCUT2D eigenvalue weighted by Gasteiger charge is 2.12. The third-order valence-corrected chi connectivity index (χ3v) is 5.85. The van der Waals surface area contributed by atoms with Gasteiger partial charge in [0.05, 0.1) is 17.7 Å². The minimum Gasteiger partial charge on any atom is -0.489 e. The Morgan fingerprint density at radius 2 is 1.47 bits per heavy atom. The maximum Gasteiger partial charge on any atom is 0.337 e. The second kappa shape index (κ2) is 11.3. The van der Waals surface area contributed by atoms with Gasteiger partial charge in [0.1, 0.15) is 18.1 Å². The lowest BCUT2D eigenvalue weighted by molar-refractivity contribution is -0.115. The van der Waals surface area contributed by atoms with Gasteiger partial charge in [-0.25, -0.2) is 9.78 Å². The Morgan fingerprint density at radius 3 is 2.21 bits per heavy atom. The van der Waals surface area contributed by atoms with Gasteiger partial charge in [0.25, 0.3) is 0 Å². The van der Waals surface area contributed by atoms with E-state index in [-0.39, 0.29) is 23.6 Å². The molecule has 0 fully saturated rings. The molecule has 7 nitrogen and oxygen atoms in total. The summed E-state index contributed by atoms with van der Waals surface area (Å²) in [5.74, 6) is 0.388. The van der Waals surface area contributed by atoms with E-state index in [9.17, 15) is 14.7 Å².